The number of nitrogens with one attached hydrogen (secondary N) is 1. The minimum Gasteiger partial charge on any atom is -0.476 e. The van der Waals surface area contributed by atoms with Crippen molar-refractivity contribution in [3.8, 4) is 11.4 Å². The lowest BCUT2D eigenvalue weighted by atomic mass is 10.1. The summed E-state index contributed by atoms with van der Waals surface area (Å²) in [6.07, 6.45) is 1.49. The molecule has 4 rings (SSSR count). The molecule has 27 heavy (non-hydrogen) atoms. The molecule has 10 nitrogen and oxygen atoms in total. The van der Waals surface area contributed by atoms with E-state index in [0.717, 1.165) is 10.6 Å². The van der Waals surface area contributed by atoms with Gasteiger partial charge in [-0.15, -0.1) is 0 Å². The Morgan fingerprint density at radius 1 is 1.04 bits per heavy atom. The average Bonchev–Trinajstić information content (AvgIpc) is 3.21. The third kappa shape index (κ3) is 2.47. The number of rotatable bonds is 3. The number of nitrogens with two attached hydrogens (primary N) is 1. The monoisotopic (exact) mass is 365 g/mol. The molecule has 2 aromatic heterocycles. The summed E-state index contributed by atoms with van der Waals surface area (Å²) in [5.41, 5.74) is 6.16. The highest BCUT2D eigenvalue weighted by molar-refractivity contribution is 6.23. The maximum atomic E-state index is 12.4. The van der Waals surface area contributed by atoms with Crippen molar-refractivity contribution in [3.05, 3.63) is 69.8 Å². The summed E-state index contributed by atoms with van der Waals surface area (Å²) < 4.78 is 2.49. The van der Waals surface area contributed by atoms with E-state index in [9.17, 15) is 19.2 Å². The van der Waals surface area contributed by atoms with Crippen LogP contribution in [0.1, 0.15) is 31.2 Å². The number of amides is 2. The van der Waals surface area contributed by atoms with E-state index in [1.165, 1.54) is 16.9 Å². The SMILES string of the molecule is Nc1c2c(cc(=O)n1-c1ccc(-n3ccc(C(=O)O)n3)cc1)C(=O)NC2=O. The van der Waals surface area contributed by atoms with Gasteiger partial charge in [-0.2, -0.15) is 5.10 Å². The van der Waals surface area contributed by atoms with E-state index in [1.54, 1.807) is 24.3 Å². The second-order valence-electron chi connectivity index (χ2n) is 5.74. The summed E-state index contributed by atoms with van der Waals surface area (Å²) in [5.74, 6) is -2.60. The van der Waals surface area contributed by atoms with E-state index < -0.39 is 23.3 Å². The summed E-state index contributed by atoms with van der Waals surface area (Å²) in [6, 6.07) is 8.77. The summed E-state index contributed by atoms with van der Waals surface area (Å²) in [6.45, 7) is 0. The quantitative estimate of drug-likeness (QED) is 0.561. The van der Waals surface area contributed by atoms with Crippen molar-refractivity contribution >= 4 is 23.6 Å². The molecule has 3 aromatic rings. The molecule has 0 fully saturated rings. The van der Waals surface area contributed by atoms with Crippen LogP contribution >= 0.6 is 0 Å². The van der Waals surface area contributed by atoms with E-state index >= 15 is 0 Å². The number of imide groups is 1. The first-order valence-electron chi connectivity index (χ1n) is 7.68. The molecule has 0 spiro atoms. The fourth-order valence-electron chi connectivity index (χ4n) is 2.88. The van der Waals surface area contributed by atoms with Crippen molar-refractivity contribution in [2.75, 3.05) is 5.73 Å². The molecule has 1 aliphatic heterocycles. The van der Waals surface area contributed by atoms with Gasteiger partial charge in [-0.25, -0.2) is 9.48 Å². The second kappa shape index (κ2) is 5.66. The third-order valence-electron chi connectivity index (χ3n) is 4.13. The Kier molecular flexibility index (Phi) is 3.41. The lowest BCUT2D eigenvalue weighted by Crippen LogP contribution is -2.24. The normalized spacial score (nSPS) is 12.7. The van der Waals surface area contributed by atoms with Gasteiger partial charge in [0.05, 0.1) is 22.5 Å². The largest absolute Gasteiger partial charge is 0.476 e. The number of nitrogen functional groups attached to an aromatic ring is 1. The van der Waals surface area contributed by atoms with E-state index in [4.69, 9.17) is 10.8 Å². The summed E-state index contributed by atoms with van der Waals surface area (Å²) in [4.78, 5) is 46.9. The van der Waals surface area contributed by atoms with Crippen molar-refractivity contribution in [3.63, 3.8) is 0 Å². The van der Waals surface area contributed by atoms with Crippen LogP contribution in [-0.2, 0) is 0 Å². The zero-order valence-corrected chi connectivity index (χ0v) is 13.5. The van der Waals surface area contributed by atoms with Gasteiger partial charge in [-0.3, -0.25) is 24.3 Å². The van der Waals surface area contributed by atoms with Crippen molar-refractivity contribution in [2.45, 2.75) is 0 Å². The molecular weight excluding hydrogens is 354 g/mol. The van der Waals surface area contributed by atoms with Crippen LogP contribution in [0.4, 0.5) is 5.82 Å². The predicted octanol–water partition coefficient (Wildman–Crippen LogP) is 0.187. The Balaban J connectivity index is 1.78. The fraction of sp³-hybridized carbons (Fsp3) is 0. The highest BCUT2D eigenvalue weighted by Gasteiger charge is 2.31. The number of carbonyl (C=O) groups is 3. The van der Waals surface area contributed by atoms with Crippen molar-refractivity contribution in [1.29, 1.82) is 0 Å². The Morgan fingerprint density at radius 3 is 2.33 bits per heavy atom. The van der Waals surface area contributed by atoms with Gasteiger partial charge in [0.15, 0.2) is 5.69 Å². The molecule has 2 amide bonds. The van der Waals surface area contributed by atoms with Crippen LogP contribution < -0.4 is 16.6 Å². The molecule has 3 heterocycles. The zero-order chi connectivity index (χ0) is 19.3. The Bertz CT molecular complexity index is 1190. The summed E-state index contributed by atoms with van der Waals surface area (Å²) in [5, 5.41) is 14.9. The predicted molar refractivity (Wildman–Crippen MR) is 92.3 cm³/mol. The number of fused-ring (bicyclic) bond motifs is 1. The zero-order valence-electron chi connectivity index (χ0n) is 13.5. The van der Waals surface area contributed by atoms with Gasteiger partial charge >= 0.3 is 5.97 Å². The number of aromatic carboxylic acids is 1. The number of carbonyl (C=O) groups excluding carboxylic acids is 2. The number of nitrogens with zero attached hydrogens (tertiary/aromatic N) is 3. The molecule has 0 saturated heterocycles. The van der Waals surface area contributed by atoms with Crippen LogP contribution in [0.15, 0.2) is 47.4 Å². The maximum absolute atomic E-state index is 12.4. The van der Waals surface area contributed by atoms with Crippen molar-refractivity contribution in [1.82, 2.24) is 19.7 Å². The van der Waals surface area contributed by atoms with Crippen LogP contribution in [0, 0.1) is 0 Å². The number of anilines is 1. The first-order valence-corrected chi connectivity index (χ1v) is 7.68. The fourth-order valence-corrected chi connectivity index (χ4v) is 2.88. The summed E-state index contributed by atoms with van der Waals surface area (Å²) in [7, 11) is 0. The minimum absolute atomic E-state index is 0.0400. The standard InChI is InChI=1S/C17H11N5O5/c18-14-13-10(15(24)19-16(13)25)7-12(23)22(14)9-3-1-8(2-4-9)21-6-5-11(20-21)17(26)27/h1-7H,18H2,(H,26,27)(H,19,24,25). The summed E-state index contributed by atoms with van der Waals surface area (Å²) >= 11 is 0. The van der Waals surface area contributed by atoms with Gasteiger partial charge in [-0.1, -0.05) is 0 Å². The van der Waals surface area contributed by atoms with E-state index in [0.29, 0.717) is 11.4 Å². The van der Waals surface area contributed by atoms with Crippen molar-refractivity contribution < 1.29 is 19.5 Å². The highest BCUT2D eigenvalue weighted by atomic mass is 16.4. The molecular formula is C17H11N5O5. The molecule has 134 valence electrons. The average molecular weight is 365 g/mol. The van der Waals surface area contributed by atoms with E-state index in [2.05, 4.69) is 10.4 Å². The third-order valence-corrected chi connectivity index (χ3v) is 4.13. The van der Waals surface area contributed by atoms with Crippen LogP contribution in [-0.4, -0.2) is 37.2 Å². The molecule has 0 radical (unpaired) electrons. The molecule has 1 aliphatic rings. The van der Waals surface area contributed by atoms with Gasteiger partial charge in [0.25, 0.3) is 17.4 Å². The van der Waals surface area contributed by atoms with Gasteiger partial charge in [0, 0.05) is 12.3 Å². The Morgan fingerprint density at radius 2 is 1.70 bits per heavy atom. The molecule has 10 heteroatoms. The van der Waals surface area contributed by atoms with Gasteiger partial charge < -0.3 is 10.8 Å². The molecule has 0 aliphatic carbocycles. The Hall–Kier alpha value is -4.21. The van der Waals surface area contributed by atoms with Gasteiger partial charge in [-0.05, 0) is 30.3 Å². The van der Waals surface area contributed by atoms with E-state index in [-0.39, 0.29) is 22.6 Å². The van der Waals surface area contributed by atoms with Crippen LogP contribution in [0.25, 0.3) is 11.4 Å². The number of carboxylic acid groups (broad SMARTS) is 1. The number of aromatic nitrogens is 3. The van der Waals surface area contributed by atoms with Gasteiger partial charge in [0.2, 0.25) is 0 Å². The maximum Gasteiger partial charge on any atom is 0.356 e. The topological polar surface area (TPSA) is 149 Å². The first kappa shape index (κ1) is 16.3. The molecule has 0 bridgehead atoms. The number of carboxylic acids is 1. The molecule has 0 unspecified atom stereocenters. The number of hydrogen-bond donors (Lipinski definition) is 3. The lowest BCUT2D eigenvalue weighted by molar-refractivity contribution is 0.0689. The smallest absolute Gasteiger partial charge is 0.356 e. The number of hydrogen-bond acceptors (Lipinski definition) is 6. The number of pyridine rings is 1. The van der Waals surface area contributed by atoms with Gasteiger partial charge in [0.1, 0.15) is 5.82 Å². The molecule has 0 atom stereocenters. The second-order valence-corrected chi connectivity index (χ2v) is 5.74. The molecule has 1 aromatic carbocycles. The highest BCUT2D eigenvalue weighted by Crippen LogP contribution is 2.23. The Labute approximate surface area is 150 Å². The lowest BCUT2D eigenvalue weighted by Gasteiger charge is -2.12. The number of benzene rings is 1. The van der Waals surface area contributed by atoms with Crippen molar-refractivity contribution in [2.24, 2.45) is 0 Å². The molecule has 0 saturated carbocycles. The van der Waals surface area contributed by atoms with Crippen LogP contribution in [0.5, 0.6) is 0 Å². The van der Waals surface area contributed by atoms with E-state index in [1.807, 2.05) is 0 Å². The van der Waals surface area contributed by atoms with Crippen LogP contribution in [0.3, 0.4) is 0 Å². The molecule has 4 N–H and O–H groups in total. The first-order chi connectivity index (χ1) is 12.9. The van der Waals surface area contributed by atoms with Crippen LogP contribution in [0.2, 0.25) is 0 Å². The minimum atomic E-state index is -1.14.